The molecule has 2 aromatic carbocycles. The van der Waals surface area contributed by atoms with E-state index in [4.69, 9.17) is 27.9 Å². The van der Waals surface area contributed by atoms with Gasteiger partial charge in [0.25, 0.3) is 5.91 Å². The fraction of sp³-hybridized carbons (Fsp3) is 0.125. The molecule has 1 N–H and O–H groups in total. The standard InChI is InChI=1S/C16H11Cl2NO3/c17-12-6-5-10(8-13(12)18)19-15(20)14-7-9-3-1-2-4-11(9)16(21)22-14/h1-6,8,14H,7H2,(H,19,20). The lowest BCUT2D eigenvalue weighted by molar-refractivity contribution is -0.125. The molecule has 1 unspecified atom stereocenters. The average Bonchev–Trinajstić information content (AvgIpc) is 2.51. The summed E-state index contributed by atoms with van der Waals surface area (Å²) in [5.74, 6) is -0.891. The van der Waals surface area contributed by atoms with Crippen LogP contribution in [-0.2, 0) is 16.0 Å². The van der Waals surface area contributed by atoms with Crippen LogP contribution in [0.25, 0.3) is 0 Å². The molecular formula is C16H11Cl2NO3. The number of anilines is 1. The Morgan fingerprint density at radius 1 is 1.14 bits per heavy atom. The van der Waals surface area contributed by atoms with E-state index in [1.807, 2.05) is 12.1 Å². The minimum Gasteiger partial charge on any atom is -0.448 e. The minimum absolute atomic E-state index is 0.338. The van der Waals surface area contributed by atoms with E-state index in [9.17, 15) is 9.59 Å². The van der Waals surface area contributed by atoms with E-state index in [1.54, 1.807) is 30.3 Å². The van der Waals surface area contributed by atoms with Gasteiger partial charge in [-0.3, -0.25) is 4.79 Å². The van der Waals surface area contributed by atoms with Gasteiger partial charge in [-0.15, -0.1) is 0 Å². The summed E-state index contributed by atoms with van der Waals surface area (Å²) in [6.45, 7) is 0. The van der Waals surface area contributed by atoms with Crippen molar-refractivity contribution in [2.24, 2.45) is 0 Å². The molecule has 0 bridgehead atoms. The SMILES string of the molecule is O=C1OC(C(=O)Nc2ccc(Cl)c(Cl)c2)Cc2ccccc21. The third-order valence-electron chi connectivity index (χ3n) is 3.37. The first-order valence-electron chi connectivity index (χ1n) is 6.59. The van der Waals surface area contributed by atoms with Crippen molar-refractivity contribution >= 4 is 40.8 Å². The van der Waals surface area contributed by atoms with E-state index in [0.29, 0.717) is 27.7 Å². The van der Waals surface area contributed by atoms with Crippen LogP contribution in [0, 0.1) is 0 Å². The highest BCUT2D eigenvalue weighted by atomic mass is 35.5. The maximum Gasteiger partial charge on any atom is 0.339 e. The third-order valence-corrected chi connectivity index (χ3v) is 4.11. The Morgan fingerprint density at radius 2 is 1.91 bits per heavy atom. The number of halogens is 2. The summed E-state index contributed by atoms with van der Waals surface area (Å²) in [7, 11) is 0. The van der Waals surface area contributed by atoms with Crippen molar-refractivity contribution in [3.05, 3.63) is 63.6 Å². The molecule has 0 fully saturated rings. The van der Waals surface area contributed by atoms with Gasteiger partial charge in [-0.1, -0.05) is 41.4 Å². The predicted octanol–water partition coefficient (Wildman–Crippen LogP) is 3.71. The van der Waals surface area contributed by atoms with Crippen molar-refractivity contribution < 1.29 is 14.3 Å². The summed E-state index contributed by atoms with van der Waals surface area (Å²) in [6, 6.07) is 11.8. The summed E-state index contributed by atoms with van der Waals surface area (Å²) < 4.78 is 5.19. The first-order valence-corrected chi connectivity index (χ1v) is 7.35. The fourth-order valence-electron chi connectivity index (χ4n) is 2.27. The lowest BCUT2D eigenvalue weighted by Crippen LogP contribution is -2.37. The number of cyclic esters (lactones) is 1. The van der Waals surface area contributed by atoms with Gasteiger partial charge in [0, 0.05) is 12.1 Å². The molecule has 0 saturated heterocycles. The second-order valence-electron chi connectivity index (χ2n) is 4.87. The largest absolute Gasteiger partial charge is 0.448 e. The van der Waals surface area contributed by atoms with Crippen LogP contribution in [-0.4, -0.2) is 18.0 Å². The van der Waals surface area contributed by atoms with Crippen LogP contribution in [0.1, 0.15) is 15.9 Å². The number of benzene rings is 2. The molecule has 1 heterocycles. The molecule has 1 aliphatic heterocycles. The lowest BCUT2D eigenvalue weighted by atomic mass is 9.98. The van der Waals surface area contributed by atoms with Crippen molar-refractivity contribution in [1.82, 2.24) is 0 Å². The topological polar surface area (TPSA) is 55.4 Å². The molecule has 2 aromatic rings. The molecule has 22 heavy (non-hydrogen) atoms. The number of hydrogen-bond donors (Lipinski definition) is 1. The van der Waals surface area contributed by atoms with Gasteiger partial charge in [0.15, 0.2) is 6.10 Å². The molecule has 0 aromatic heterocycles. The fourth-order valence-corrected chi connectivity index (χ4v) is 2.57. The van der Waals surface area contributed by atoms with Gasteiger partial charge in [0.2, 0.25) is 0 Å². The first kappa shape index (κ1) is 14.9. The molecule has 6 heteroatoms. The molecule has 0 saturated carbocycles. The normalized spacial score (nSPS) is 16.6. The van der Waals surface area contributed by atoms with E-state index in [2.05, 4.69) is 5.32 Å². The minimum atomic E-state index is -0.864. The molecule has 4 nitrogen and oxygen atoms in total. The molecule has 112 valence electrons. The summed E-state index contributed by atoms with van der Waals surface area (Å²) in [6.07, 6.45) is -0.522. The highest BCUT2D eigenvalue weighted by Crippen LogP contribution is 2.26. The Labute approximate surface area is 137 Å². The molecule has 0 radical (unpaired) electrons. The monoisotopic (exact) mass is 335 g/mol. The zero-order valence-electron chi connectivity index (χ0n) is 11.3. The van der Waals surface area contributed by atoms with E-state index < -0.39 is 18.0 Å². The summed E-state index contributed by atoms with van der Waals surface area (Å²) in [4.78, 5) is 24.2. The van der Waals surface area contributed by atoms with Crippen molar-refractivity contribution in [3.63, 3.8) is 0 Å². The molecule has 3 rings (SSSR count). The Balaban J connectivity index is 1.76. The second-order valence-corrected chi connectivity index (χ2v) is 5.69. The van der Waals surface area contributed by atoms with Gasteiger partial charge >= 0.3 is 5.97 Å². The van der Waals surface area contributed by atoms with E-state index in [-0.39, 0.29) is 0 Å². The summed E-state index contributed by atoms with van der Waals surface area (Å²) in [5.41, 5.74) is 1.79. The Bertz CT molecular complexity index is 761. The second kappa shape index (κ2) is 5.99. The number of nitrogens with one attached hydrogen (secondary N) is 1. The van der Waals surface area contributed by atoms with Crippen LogP contribution < -0.4 is 5.32 Å². The van der Waals surface area contributed by atoms with Crippen LogP contribution in [0.3, 0.4) is 0 Å². The van der Waals surface area contributed by atoms with Crippen molar-refractivity contribution in [2.75, 3.05) is 5.32 Å². The summed E-state index contributed by atoms with van der Waals surface area (Å²) >= 11 is 11.7. The maximum atomic E-state index is 12.3. The number of esters is 1. The Morgan fingerprint density at radius 3 is 2.68 bits per heavy atom. The molecule has 0 aliphatic carbocycles. The lowest BCUT2D eigenvalue weighted by Gasteiger charge is -2.23. The van der Waals surface area contributed by atoms with Gasteiger partial charge in [-0.2, -0.15) is 0 Å². The van der Waals surface area contributed by atoms with Gasteiger partial charge in [-0.05, 0) is 29.8 Å². The number of carbonyl (C=O) groups is 2. The van der Waals surface area contributed by atoms with Crippen LogP contribution in [0.4, 0.5) is 5.69 Å². The zero-order chi connectivity index (χ0) is 15.7. The Kier molecular flexibility index (Phi) is 4.05. The molecule has 1 amide bonds. The number of ether oxygens (including phenoxy) is 1. The van der Waals surface area contributed by atoms with E-state index in [0.717, 1.165) is 5.56 Å². The van der Waals surface area contributed by atoms with Gasteiger partial charge in [-0.25, -0.2) is 4.79 Å². The van der Waals surface area contributed by atoms with Gasteiger partial charge in [0.05, 0.1) is 15.6 Å². The Hall–Kier alpha value is -2.04. The number of hydrogen-bond acceptors (Lipinski definition) is 3. The number of carbonyl (C=O) groups excluding carboxylic acids is 2. The van der Waals surface area contributed by atoms with Crippen molar-refractivity contribution in [3.8, 4) is 0 Å². The number of fused-ring (bicyclic) bond motifs is 1. The average molecular weight is 336 g/mol. The van der Waals surface area contributed by atoms with E-state index in [1.165, 1.54) is 0 Å². The third kappa shape index (κ3) is 2.93. The van der Waals surface area contributed by atoms with Gasteiger partial charge in [0.1, 0.15) is 0 Å². The number of rotatable bonds is 2. The maximum absolute atomic E-state index is 12.3. The van der Waals surface area contributed by atoms with Crippen LogP contribution in [0.5, 0.6) is 0 Å². The molecule has 1 atom stereocenters. The van der Waals surface area contributed by atoms with Gasteiger partial charge < -0.3 is 10.1 Å². The highest BCUT2D eigenvalue weighted by molar-refractivity contribution is 6.42. The quantitative estimate of drug-likeness (QED) is 0.851. The summed E-state index contributed by atoms with van der Waals surface area (Å²) in [5, 5.41) is 3.41. The molecule has 1 aliphatic rings. The zero-order valence-corrected chi connectivity index (χ0v) is 12.8. The molecular weight excluding hydrogens is 325 g/mol. The van der Waals surface area contributed by atoms with Crippen LogP contribution >= 0.6 is 23.2 Å². The predicted molar refractivity (Wildman–Crippen MR) is 84.4 cm³/mol. The first-order chi connectivity index (χ1) is 10.5. The van der Waals surface area contributed by atoms with E-state index >= 15 is 0 Å². The molecule has 0 spiro atoms. The van der Waals surface area contributed by atoms with Crippen molar-refractivity contribution in [2.45, 2.75) is 12.5 Å². The smallest absolute Gasteiger partial charge is 0.339 e. The van der Waals surface area contributed by atoms with Crippen LogP contribution in [0.15, 0.2) is 42.5 Å². The van der Waals surface area contributed by atoms with Crippen LogP contribution in [0.2, 0.25) is 10.0 Å². The van der Waals surface area contributed by atoms with Crippen molar-refractivity contribution in [1.29, 1.82) is 0 Å². The highest BCUT2D eigenvalue weighted by Gasteiger charge is 2.31. The number of amides is 1.